The minimum absolute atomic E-state index is 0.0895. The number of hydrogen-bond acceptors (Lipinski definition) is 8. The summed E-state index contributed by atoms with van der Waals surface area (Å²) in [6, 6.07) is 24.2. The molecule has 4 aromatic carbocycles. The Bertz CT molecular complexity index is 2690. The number of aromatic nitrogens is 4. The molecule has 2 bridgehead atoms. The first-order valence-electron chi connectivity index (χ1n) is 21.5. The number of amides is 4. The maximum absolute atomic E-state index is 14.0. The molecule has 320 valence electrons. The van der Waals surface area contributed by atoms with Crippen LogP contribution in [0.3, 0.4) is 0 Å². The fraction of sp³-hybridized carbons (Fsp3) is 0.375. The lowest BCUT2D eigenvalue weighted by Crippen LogP contribution is -2.54. The number of piperidine rings is 1. The van der Waals surface area contributed by atoms with Crippen molar-refractivity contribution in [1.29, 1.82) is 0 Å². The molecule has 2 saturated heterocycles. The zero-order valence-electron chi connectivity index (χ0n) is 35.6. The highest BCUT2D eigenvalue weighted by molar-refractivity contribution is 5.94. The fourth-order valence-corrected chi connectivity index (χ4v) is 9.85. The number of aromatic amines is 2. The summed E-state index contributed by atoms with van der Waals surface area (Å²) in [5, 5.41) is 9.79. The van der Waals surface area contributed by atoms with Crippen molar-refractivity contribution in [2.24, 2.45) is 11.8 Å². The van der Waals surface area contributed by atoms with Gasteiger partial charge in [0.05, 0.1) is 50.1 Å². The molecule has 3 fully saturated rings. The zero-order chi connectivity index (χ0) is 43.2. The highest BCUT2D eigenvalue weighted by atomic mass is 16.5. The van der Waals surface area contributed by atoms with Crippen LogP contribution in [0.15, 0.2) is 85.2 Å². The van der Waals surface area contributed by atoms with Crippen LogP contribution in [0.5, 0.6) is 0 Å². The van der Waals surface area contributed by atoms with Crippen molar-refractivity contribution in [2.75, 3.05) is 20.8 Å². The molecule has 0 spiro atoms. The number of ether oxygens (including phenoxy) is 2. The summed E-state index contributed by atoms with van der Waals surface area (Å²) < 4.78 is 9.50. The Morgan fingerprint density at radius 3 is 1.79 bits per heavy atom. The number of carbonyl (C=O) groups excluding carboxylic acids is 4. The van der Waals surface area contributed by atoms with Crippen LogP contribution in [0.25, 0.3) is 55.2 Å². The normalized spacial score (nSPS) is 20.5. The van der Waals surface area contributed by atoms with Crippen molar-refractivity contribution in [3.63, 3.8) is 0 Å². The second-order valence-electron chi connectivity index (χ2n) is 17.2. The summed E-state index contributed by atoms with van der Waals surface area (Å²) >= 11 is 0. The Kier molecular flexibility index (Phi) is 10.9. The van der Waals surface area contributed by atoms with E-state index in [4.69, 9.17) is 9.72 Å². The van der Waals surface area contributed by atoms with Crippen LogP contribution in [-0.4, -0.2) is 92.6 Å². The van der Waals surface area contributed by atoms with Gasteiger partial charge in [-0.3, -0.25) is 9.59 Å². The molecular formula is C48H52N8O6. The molecule has 14 nitrogen and oxygen atoms in total. The third-order valence-corrected chi connectivity index (χ3v) is 13.1. The van der Waals surface area contributed by atoms with Gasteiger partial charge >= 0.3 is 12.2 Å². The number of fused-ring (bicyclic) bond motifs is 4. The minimum atomic E-state index is -0.706. The molecule has 6 atom stereocenters. The molecular weight excluding hydrogens is 785 g/mol. The van der Waals surface area contributed by atoms with Crippen LogP contribution in [0.4, 0.5) is 9.59 Å². The van der Waals surface area contributed by atoms with E-state index in [2.05, 4.69) is 103 Å². The first-order chi connectivity index (χ1) is 30.0. The van der Waals surface area contributed by atoms with Gasteiger partial charge in [-0.2, -0.15) is 0 Å². The van der Waals surface area contributed by atoms with E-state index in [1.807, 2.05) is 31.1 Å². The molecule has 0 unspecified atom stereocenters. The molecule has 2 aromatic heterocycles. The van der Waals surface area contributed by atoms with Crippen LogP contribution in [0, 0.1) is 11.8 Å². The second kappa shape index (κ2) is 16.6. The summed E-state index contributed by atoms with van der Waals surface area (Å²) in [5.74, 6) is 1.46. The SMILES string of the molecule is COC(=O)N[C@@H](C)C(=O)N1CCC[C@H]1c1ncc(-c2ccc3cc(-c4ccc5cc(-c6cnc([C@@H]7[C@@H]8CC[C@H](C8)N7C(=O)[C@@H](NC(=O)OC)C(C)C)[nH]6)ccc5c4)ccc3c2)[nH]1. The number of likely N-dealkylation sites (tertiary alicyclic amines) is 2. The van der Waals surface area contributed by atoms with E-state index in [-0.39, 0.29) is 35.9 Å². The molecule has 2 aliphatic heterocycles. The number of nitrogens with zero attached hydrogens (tertiary/aromatic N) is 4. The van der Waals surface area contributed by atoms with Crippen molar-refractivity contribution in [1.82, 2.24) is 40.4 Å². The molecule has 1 saturated carbocycles. The molecule has 4 N–H and O–H groups in total. The van der Waals surface area contributed by atoms with Gasteiger partial charge in [-0.15, -0.1) is 0 Å². The topological polar surface area (TPSA) is 175 Å². The minimum Gasteiger partial charge on any atom is -0.453 e. The molecule has 14 heteroatoms. The van der Waals surface area contributed by atoms with E-state index in [9.17, 15) is 19.2 Å². The van der Waals surface area contributed by atoms with Crippen molar-refractivity contribution < 1.29 is 28.7 Å². The monoisotopic (exact) mass is 836 g/mol. The number of nitrogens with one attached hydrogen (secondary N) is 4. The predicted molar refractivity (Wildman–Crippen MR) is 236 cm³/mol. The van der Waals surface area contributed by atoms with Crippen LogP contribution in [-0.2, 0) is 19.1 Å². The Morgan fingerprint density at radius 2 is 1.21 bits per heavy atom. The number of alkyl carbamates (subject to hydrolysis) is 2. The zero-order valence-corrected chi connectivity index (χ0v) is 35.6. The van der Waals surface area contributed by atoms with Crippen LogP contribution in [0.1, 0.15) is 76.6 Å². The van der Waals surface area contributed by atoms with E-state index < -0.39 is 24.3 Å². The maximum Gasteiger partial charge on any atom is 0.407 e. The van der Waals surface area contributed by atoms with E-state index in [1.54, 1.807) is 11.8 Å². The summed E-state index contributed by atoms with van der Waals surface area (Å²) in [4.78, 5) is 71.3. The van der Waals surface area contributed by atoms with Gasteiger partial charge in [-0.25, -0.2) is 19.6 Å². The van der Waals surface area contributed by atoms with Crippen LogP contribution in [0.2, 0.25) is 0 Å². The summed E-state index contributed by atoms with van der Waals surface area (Å²) in [5.41, 5.74) is 6.02. The average molecular weight is 837 g/mol. The molecule has 0 radical (unpaired) electrons. The lowest BCUT2D eigenvalue weighted by Gasteiger charge is -2.37. The largest absolute Gasteiger partial charge is 0.453 e. The molecule has 62 heavy (non-hydrogen) atoms. The van der Waals surface area contributed by atoms with Gasteiger partial charge in [0, 0.05) is 23.7 Å². The van der Waals surface area contributed by atoms with Gasteiger partial charge in [-0.05, 0) is 108 Å². The Labute approximate surface area is 359 Å². The smallest absolute Gasteiger partial charge is 0.407 e. The molecule has 1 aliphatic carbocycles. The van der Waals surface area contributed by atoms with Crippen LogP contribution >= 0.6 is 0 Å². The first-order valence-corrected chi connectivity index (χ1v) is 21.5. The fourth-order valence-electron chi connectivity index (χ4n) is 9.85. The van der Waals surface area contributed by atoms with Crippen molar-refractivity contribution in [3.05, 3.63) is 96.8 Å². The standard InChI is InChI=1S/C48H52N8O6/c1-26(2)41(54-48(60)62-5)46(58)56-37-17-16-36(23-37)42(56)44-50-25-39(53-44)35-15-13-31-20-29(9-11-33(31)22-35)28-8-10-32-21-34(14-12-30(32)19-28)38-24-49-43(52-38)40-7-6-18-55(40)45(57)27(3)51-47(59)61-4/h8-15,19-22,24-27,36-37,40-42H,6-7,16-18,23H2,1-5H3,(H,49,52)(H,50,53)(H,51,59)(H,54,60)/t27-,36+,37+,40-,41-,42-/m0/s1. The number of carbonyl (C=O) groups is 4. The first kappa shape index (κ1) is 40.7. The summed E-state index contributed by atoms with van der Waals surface area (Å²) in [7, 11) is 2.59. The van der Waals surface area contributed by atoms with Gasteiger partial charge in [0.1, 0.15) is 23.7 Å². The van der Waals surface area contributed by atoms with Crippen molar-refractivity contribution in [2.45, 2.75) is 83.1 Å². The van der Waals surface area contributed by atoms with E-state index in [1.165, 1.54) is 14.2 Å². The molecule has 6 aromatic rings. The predicted octanol–water partition coefficient (Wildman–Crippen LogP) is 8.28. The average Bonchev–Trinajstić information content (AvgIpc) is 4.16. The number of H-pyrrole nitrogens is 2. The highest BCUT2D eigenvalue weighted by Crippen LogP contribution is 2.50. The lowest BCUT2D eigenvalue weighted by atomic mass is 9.95. The van der Waals surface area contributed by atoms with E-state index in [0.29, 0.717) is 12.5 Å². The Balaban J connectivity index is 0.898. The molecule has 4 heterocycles. The van der Waals surface area contributed by atoms with Crippen LogP contribution < -0.4 is 10.6 Å². The van der Waals surface area contributed by atoms with Gasteiger partial charge in [0.25, 0.3) is 0 Å². The maximum atomic E-state index is 14.0. The lowest BCUT2D eigenvalue weighted by molar-refractivity contribution is -0.139. The Hall–Kier alpha value is -6.70. The van der Waals surface area contributed by atoms with Crippen molar-refractivity contribution in [3.8, 4) is 33.6 Å². The number of benzene rings is 4. The number of hydrogen-bond donors (Lipinski definition) is 4. The summed E-state index contributed by atoms with van der Waals surface area (Å²) in [6.07, 6.45) is 7.01. The number of methoxy groups -OCH3 is 2. The number of rotatable bonds is 10. The van der Waals surface area contributed by atoms with E-state index >= 15 is 0 Å². The third kappa shape index (κ3) is 7.62. The number of imidazole rings is 2. The molecule has 9 rings (SSSR count). The van der Waals surface area contributed by atoms with Gasteiger partial charge in [0.15, 0.2) is 0 Å². The van der Waals surface area contributed by atoms with Gasteiger partial charge < -0.3 is 39.9 Å². The third-order valence-electron chi connectivity index (χ3n) is 13.1. The van der Waals surface area contributed by atoms with Crippen molar-refractivity contribution >= 4 is 45.5 Å². The van der Waals surface area contributed by atoms with E-state index in [0.717, 1.165) is 98.9 Å². The quantitative estimate of drug-likeness (QED) is 0.107. The summed E-state index contributed by atoms with van der Waals surface area (Å²) in [6.45, 7) is 6.12. The second-order valence-corrected chi connectivity index (χ2v) is 17.2. The van der Waals surface area contributed by atoms with Gasteiger partial charge in [0.2, 0.25) is 11.8 Å². The Morgan fingerprint density at radius 1 is 0.677 bits per heavy atom. The highest BCUT2D eigenvalue weighted by Gasteiger charge is 2.51. The van der Waals surface area contributed by atoms with Gasteiger partial charge in [-0.1, -0.05) is 62.4 Å². The molecule has 4 amide bonds. The molecule has 3 aliphatic rings.